The van der Waals surface area contributed by atoms with Gasteiger partial charge in [0.1, 0.15) is 6.10 Å². The van der Waals surface area contributed by atoms with Crippen LogP contribution in [-0.2, 0) is 20.7 Å². The lowest BCUT2D eigenvalue weighted by molar-refractivity contribution is -0.128. The summed E-state index contributed by atoms with van der Waals surface area (Å²) >= 11 is 0. The molecule has 1 aliphatic rings. The maximum Gasteiger partial charge on any atom is 0.226 e. The highest BCUT2D eigenvalue weighted by Gasteiger charge is 2.29. The predicted molar refractivity (Wildman–Crippen MR) is 112 cm³/mol. The summed E-state index contributed by atoms with van der Waals surface area (Å²) in [4.78, 5) is 28.8. The molecule has 2 amide bonds. The number of pyridine rings is 1. The third-order valence-electron chi connectivity index (χ3n) is 4.92. The molecule has 0 saturated carbocycles. The van der Waals surface area contributed by atoms with Gasteiger partial charge in [0.2, 0.25) is 11.8 Å². The van der Waals surface area contributed by atoms with E-state index in [0.29, 0.717) is 5.69 Å². The van der Waals surface area contributed by atoms with E-state index in [2.05, 4.69) is 15.6 Å². The lowest BCUT2D eigenvalue weighted by Crippen LogP contribution is -2.49. The summed E-state index contributed by atoms with van der Waals surface area (Å²) < 4.78 is 5.83. The molecule has 1 aliphatic heterocycles. The van der Waals surface area contributed by atoms with E-state index in [1.165, 1.54) is 0 Å². The van der Waals surface area contributed by atoms with Crippen LogP contribution in [-0.4, -0.2) is 46.8 Å². The molecular formula is C23H27N3O4. The number of rotatable bonds is 8. The number of aliphatic hydroxyl groups is 1. The summed E-state index contributed by atoms with van der Waals surface area (Å²) in [5.74, 6) is -0.353. The van der Waals surface area contributed by atoms with Gasteiger partial charge in [0.05, 0.1) is 37.6 Å². The first kappa shape index (κ1) is 21.7. The minimum absolute atomic E-state index is 0.112. The predicted octanol–water partition coefficient (Wildman–Crippen LogP) is 1.69. The number of carbonyl (C=O) groups is 2. The molecule has 4 atom stereocenters. The van der Waals surface area contributed by atoms with Crippen LogP contribution in [0, 0.1) is 0 Å². The molecule has 30 heavy (non-hydrogen) atoms. The molecule has 3 N–H and O–H groups in total. The minimum atomic E-state index is -0.618. The van der Waals surface area contributed by atoms with Gasteiger partial charge in [-0.1, -0.05) is 48.6 Å². The number of ether oxygens (including phenoxy) is 1. The van der Waals surface area contributed by atoms with Crippen LogP contribution in [0.4, 0.5) is 0 Å². The summed E-state index contributed by atoms with van der Waals surface area (Å²) in [6.45, 7) is 1.66. The number of aromatic nitrogens is 1. The van der Waals surface area contributed by atoms with Crippen molar-refractivity contribution in [3.8, 4) is 0 Å². The van der Waals surface area contributed by atoms with Crippen molar-refractivity contribution >= 4 is 11.8 Å². The normalized spacial score (nSPS) is 21.6. The van der Waals surface area contributed by atoms with Crippen LogP contribution in [0.2, 0.25) is 0 Å². The maximum absolute atomic E-state index is 12.4. The molecule has 3 rings (SSSR count). The van der Waals surface area contributed by atoms with Gasteiger partial charge in [0.25, 0.3) is 0 Å². The van der Waals surface area contributed by atoms with Gasteiger partial charge in [-0.15, -0.1) is 0 Å². The number of carbonyl (C=O) groups excluding carboxylic acids is 2. The van der Waals surface area contributed by atoms with Crippen molar-refractivity contribution in [3.05, 3.63) is 78.1 Å². The molecule has 0 unspecified atom stereocenters. The van der Waals surface area contributed by atoms with Crippen LogP contribution < -0.4 is 10.6 Å². The first-order valence-corrected chi connectivity index (χ1v) is 10.0. The maximum atomic E-state index is 12.4. The van der Waals surface area contributed by atoms with Crippen molar-refractivity contribution in [2.75, 3.05) is 6.61 Å². The van der Waals surface area contributed by atoms with Crippen LogP contribution in [0.5, 0.6) is 0 Å². The molecule has 7 heteroatoms. The Kier molecular flexibility index (Phi) is 7.70. The number of hydrogen-bond acceptors (Lipinski definition) is 5. The Morgan fingerprint density at radius 1 is 1.10 bits per heavy atom. The molecule has 0 radical (unpaired) electrons. The Morgan fingerprint density at radius 2 is 1.87 bits per heavy atom. The molecule has 2 heterocycles. The van der Waals surface area contributed by atoms with Gasteiger partial charge in [-0.05, 0) is 24.6 Å². The lowest BCUT2D eigenvalue weighted by Gasteiger charge is -2.31. The highest BCUT2D eigenvalue weighted by atomic mass is 16.5. The Balaban J connectivity index is 1.51. The van der Waals surface area contributed by atoms with Crippen LogP contribution in [0.3, 0.4) is 0 Å². The zero-order chi connectivity index (χ0) is 21.3. The third kappa shape index (κ3) is 6.23. The van der Waals surface area contributed by atoms with Crippen LogP contribution in [0.1, 0.15) is 30.6 Å². The Labute approximate surface area is 176 Å². The molecule has 0 bridgehead atoms. The van der Waals surface area contributed by atoms with Crippen LogP contribution in [0.25, 0.3) is 0 Å². The molecule has 1 aromatic carbocycles. The third-order valence-corrected chi connectivity index (χ3v) is 4.92. The van der Waals surface area contributed by atoms with E-state index in [-0.39, 0.29) is 37.3 Å². The van der Waals surface area contributed by atoms with Gasteiger partial charge < -0.3 is 20.5 Å². The van der Waals surface area contributed by atoms with Crippen molar-refractivity contribution in [3.63, 3.8) is 0 Å². The van der Waals surface area contributed by atoms with Crippen molar-refractivity contribution in [1.29, 1.82) is 0 Å². The fraction of sp³-hybridized carbons (Fsp3) is 0.348. The smallest absolute Gasteiger partial charge is 0.226 e. The zero-order valence-electron chi connectivity index (χ0n) is 16.9. The summed E-state index contributed by atoms with van der Waals surface area (Å²) in [7, 11) is 0. The Hall–Kier alpha value is -3.03. The first-order valence-electron chi connectivity index (χ1n) is 10.0. The van der Waals surface area contributed by atoms with E-state index in [1.807, 2.05) is 43.3 Å². The minimum Gasteiger partial charge on any atom is -0.394 e. The quantitative estimate of drug-likeness (QED) is 0.576. The molecule has 0 aliphatic carbocycles. The van der Waals surface area contributed by atoms with E-state index in [4.69, 9.17) is 4.74 Å². The second kappa shape index (κ2) is 10.7. The number of aliphatic hydroxyl groups excluding tert-OH is 1. The first-order chi connectivity index (χ1) is 14.5. The molecule has 158 valence electrons. The zero-order valence-corrected chi connectivity index (χ0v) is 16.9. The fourth-order valence-corrected chi connectivity index (χ4v) is 3.35. The van der Waals surface area contributed by atoms with Gasteiger partial charge in [-0.3, -0.25) is 14.6 Å². The highest BCUT2D eigenvalue weighted by Crippen LogP contribution is 2.17. The summed E-state index contributed by atoms with van der Waals surface area (Å²) in [6.07, 6.45) is 4.37. The number of hydrogen-bond donors (Lipinski definition) is 3. The molecule has 0 fully saturated rings. The van der Waals surface area contributed by atoms with Gasteiger partial charge in [-0.2, -0.15) is 0 Å². The summed E-state index contributed by atoms with van der Waals surface area (Å²) in [6, 6.07) is 14.5. The molecule has 0 spiro atoms. The molecule has 7 nitrogen and oxygen atoms in total. The van der Waals surface area contributed by atoms with Gasteiger partial charge >= 0.3 is 0 Å². The van der Waals surface area contributed by atoms with Crippen molar-refractivity contribution in [2.24, 2.45) is 0 Å². The Morgan fingerprint density at radius 3 is 2.57 bits per heavy atom. The van der Waals surface area contributed by atoms with Crippen LogP contribution in [0.15, 0.2) is 66.9 Å². The summed E-state index contributed by atoms with van der Waals surface area (Å²) in [5, 5.41) is 15.5. The van der Waals surface area contributed by atoms with Gasteiger partial charge in [0, 0.05) is 11.9 Å². The number of benzene rings is 1. The lowest BCUT2D eigenvalue weighted by atomic mass is 10.0. The van der Waals surface area contributed by atoms with E-state index in [0.717, 1.165) is 5.56 Å². The van der Waals surface area contributed by atoms with E-state index >= 15 is 0 Å². The van der Waals surface area contributed by atoms with E-state index in [9.17, 15) is 14.7 Å². The van der Waals surface area contributed by atoms with Gasteiger partial charge in [-0.25, -0.2) is 0 Å². The topological polar surface area (TPSA) is 101 Å². The van der Waals surface area contributed by atoms with E-state index in [1.54, 1.807) is 30.5 Å². The van der Waals surface area contributed by atoms with Crippen molar-refractivity contribution in [1.82, 2.24) is 15.6 Å². The summed E-state index contributed by atoms with van der Waals surface area (Å²) in [5.41, 5.74) is 1.69. The molecule has 0 saturated heterocycles. The number of amides is 2. The second-order valence-corrected chi connectivity index (χ2v) is 7.28. The SMILES string of the molecule is C[C@H](NC(=O)C[C@H]1C=C[C@H](NC(=O)Cc2ccccn2)[C@H](CO)O1)c1ccccc1. The fourth-order valence-electron chi connectivity index (χ4n) is 3.35. The molecular weight excluding hydrogens is 382 g/mol. The van der Waals surface area contributed by atoms with Crippen molar-refractivity contribution < 1.29 is 19.4 Å². The van der Waals surface area contributed by atoms with Gasteiger partial charge in [0.15, 0.2) is 0 Å². The average Bonchev–Trinajstić information content (AvgIpc) is 2.76. The van der Waals surface area contributed by atoms with Crippen molar-refractivity contribution in [2.45, 2.75) is 44.1 Å². The standard InChI is InChI=1S/C23H27N3O4/c1-16(17-7-3-2-4-8-17)25-23(29)14-19-10-11-20(21(15-27)30-19)26-22(28)13-18-9-5-6-12-24-18/h2-12,16,19-21,27H,13-15H2,1H3,(H,25,29)(H,26,28)/t16-,19+,20-,21-/m0/s1. The monoisotopic (exact) mass is 409 g/mol. The number of nitrogens with one attached hydrogen (secondary N) is 2. The second-order valence-electron chi connectivity index (χ2n) is 7.28. The largest absolute Gasteiger partial charge is 0.394 e. The van der Waals surface area contributed by atoms with E-state index < -0.39 is 18.2 Å². The molecule has 1 aromatic heterocycles. The van der Waals surface area contributed by atoms with Crippen LogP contribution >= 0.6 is 0 Å². The molecule has 2 aromatic rings. The Bertz CT molecular complexity index is 857. The highest BCUT2D eigenvalue weighted by molar-refractivity contribution is 5.79. The number of nitrogens with zero attached hydrogens (tertiary/aromatic N) is 1. The average molecular weight is 409 g/mol.